The highest BCUT2D eigenvalue weighted by molar-refractivity contribution is 14.1. The molecule has 1 aliphatic rings. The smallest absolute Gasteiger partial charge is 0.344 e. The molecular formula is C32H32I2N2O10S. The van der Waals surface area contributed by atoms with Crippen molar-refractivity contribution in [2.24, 2.45) is 4.99 Å². The Balaban J connectivity index is 1.82. The van der Waals surface area contributed by atoms with Crippen LogP contribution in [0, 0.1) is 7.14 Å². The van der Waals surface area contributed by atoms with Crippen LogP contribution in [0.3, 0.4) is 0 Å². The van der Waals surface area contributed by atoms with E-state index in [0.29, 0.717) is 44.4 Å². The third kappa shape index (κ3) is 8.53. The Kier molecular flexibility index (Phi) is 12.8. The zero-order chi connectivity index (χ0) is 34.2. The van der Waals surface area contributed by atoms with E-state index in [1.807, 2.05) is 12.1 Å². The zero-order valence-corrected chi connectivity index (χ0v) is 31.3. The van der Waals surface area contributed by atoms with E-state index in [2.05, 4.69) is 54.9 Å². The van der Waals surface area contributed by atoms with E-state index >= 15 is 0 Å². The average molecular weight is 890 g/mol. The van der Waals surface area contributed by atoms with Gasteiger partial charge in [0.15, 0.2) is 29.5 Å². The van der Waals surface area contributed by atoms with Crippen LogP contribution in [0.1, 0.15) is 44.9 Å². The molecule has 15 heteroatoms. The lowest BCUT2D eigenvalue weighted by Crippen LogP contribution is -2.40. The topological polar surface area (TPSA) is 141 Å². The number of ether oxygens (including phenoxy) is 6. The number of methoxy groups -OCH3 is 1. The minimum absolute atomic E-state index is 0.133. The van der Waals surface area contributed by atoms with Crippen LogP contribution in [-0.4, -0.2) is 62.6 Å². The number of carbonyl (C=O) groups is 3. The first-order chi connectivity index (χ1) is 22.5. The van der Waals surface area contributed by atoms with Crippen LogP contribution in [0.4, 0.5) is 0 Å². The monoisotopic (exact) mass is 890 g/mol. The molecule has 0 aliphatic carbocycles. The van der Waals surface area contributed by atoms with Crippen LogP contribution in [0.5, 0.6) is 17.2 Å². The maximum atomic E-state index is 14.1. The van der Waals surface area contributed by atoms with Crippen molar-refractivity contribution in [1.82, 2.24) is 4.57 Å². The summed E-state index contributed by atoms with van der Waals surface area (Å²) in [5.41, 5.74) is 1.55. The Morgan fingerprint density at radius 2 is 1.60 bits per heavy atom. The van der Waals surface area contributed by atoms with E-state index in [4.69, 9.17) is 23.7 Å². The number of nitrogens with zero attached hydrogens (tertiary/aromatic N) is 2. The first-order valence-electron chi connectivity index (χ1n) is 14.5. The molecule has 47 heavy (non-hydrogen) atoms. The van der Waals surface area contributed by atoms with E-state index in [1.54, 1.807) is 52.0 Å². The minimum Gasteiger partial charge on any atom is -0.490 e. The van der Waals surface area contributed by atoms with Crippen molar-refractivity contribution in [3.05, 3.63) is 79.6 Å². The molecule has 1 atom stereocenters. The summed E-state index contributed by atoms with van der Waals surface area (Å²) < 4.78 is 35.5. The van der Waals surface area contributed by atoms with Crippen LogP contribution in [-0.2, 0) is 28.6 Å². The Hall–Kier alpha value is -3.45. The molecule has 4 rings (SSSR count). The number of hydrogen-bond donors (Lipinski definition) is 0. The molecule has 0 amide bonds. The van der Waals surface area contributed by atoms with Crippen molar-refractivity contribution in [1.29, 1.82) is 0 Å². The quantitative estimate of drug-likeness (QED) is 0.141. The van der Waals surface area contributed by atoms with Crippen molar-refractivity contribution >= 4 is 80.5 Å². The van der Waals surface area contributed by atoms with Gasteiger partial charge in [-0.3, -0.25) is 9.36 Å². The number of benzene rings is 2. The molecule has 0 unspecified atom stereocenters. The van der Waals surface area contributed by atoms with Gasteiger partial charge in [0, 0.05) is 0 Å². The van der Waals surface area contributed by atoms with Crippen LogP contribution < -0.4 is 29.1 Å². The normalized spacial score (nSPS) is 14.2. The lowest BCUT2D eigenvalue weighted by molar-refractivity contribution is -0.145. The highest BCUT2D eigenvalue weighted by atomic mass is 127. The highest BCUT2D eigenvalue weighted by Crippen LogP contribution is 2.36. The van der Waals surface area contributed by atoms with Gasteiger partial charge < -0.3 is 28.4 Å². The van der Waals surface area contributed by atoms with Gasteiger partial charge in [0.1, 0.15) is 5.75 Å². The van der Waals surface area contributed by atoms with Gasteiger partial charge in [0.05, 0.1) is 55.9 Å². The van der Waals surface area contributed by atoms with E-state index in [-0.39, 0.29) is 37.6 Å². The number of esters is 3. The van der Waals surface area contributed by atoms with Gasteiger partial charge in [-0.25, -0.2) is 19.4 Å². The first-order valence-corrected chi connectivity index (χ1v) is 17.4. The van der Waals surface area contributed by atoms with Gasteiger partial charge in [-0.15, -0.1) is 0 Å². The molecule has 1 aromatic heterocycles. The van der Waals surface area contributed by atoms with Crippen LogP contribution in [0.25, 0.3) is 6.08 Å². The standard InChI is InChI=1S/C32H32I2N2O10S/c1-6-42-23-14-19(9-10-22(23)45-15-25(37)41-5)28-27(31(40)44-8-3)17(4)35-32-36(28)30(39)24(47-32)13-18-11-20(33)29(21(34)12-18)46-16-26(38)43-7-2/h9-14,28H,6-8,15-16H2,1-5H3/b24-13-/t28-/m1/s1. The lowest BCUT2D eigenvalue weighted by Gasteiger charge is -2.25. The molecule has 0 saturated heterocycles. The van der Waals surface area contributed by atoms with Crippen molar-refractivity contribution < 1.29 is 42.8 Å². The Labute approximate surface area is 301 Å². The van der Waals surface area contributed by atoms with Crippen molar-refractivity contribution in [3.8, 4) is 17.2 Å². The van der Waals surface area contributed by atoms with Crippen molar-refractivity contribution in [2.45, 2.75) is 33.7 Å². The van der Waals surface area contributed by atoms with Gasteiger partial charge in [-0.1, -0.05) is 17.4 Å². The third-order valence-electron chi connectivity index (χ3n) is 6.63. The molecule has 3 aromatic rings. The highest BCUT2D eigenvalue weighted by Gasteiger charge is 2.34. The fraction of sp³-hybridized carbons (Fsp3) is 0.344. The van der Waals surface area contributed by atoms with Gasteiger partial charge in [0.25, 0.3) is 5.56 Å². The van der Waals surface area contributed by atoms with Gasteiger partial charge in [-0.2, -0.15) is 0 Å². The predicted octanol–water partition coefficient (Wildman–Crippen LogP) is 3.90. The second kappa shape index (κ2) is 16.6. The van der Waals surface area contributed by atoms with Gasteiger partial charge in [-0.05, 0) is 114 Å². The number of halogens is 2. The van der Waals surface area contributed by atoms with Gasteiger partial charge >= 0.3 is 17.9 Å². The van der Waals surface area contributed by atoms with Crippen LogP contribution in [0.15, 0.2) is 51.4 Å². The molecule has 2 heterocycles. The molecular weight excluding hydrogens is 858 g/mol. The van der Waals surface area contributed by atoms with E-state index in [0.717, 1.165) is 12.7 Å². The Bertz CT molecular complexity index is 1880. The fourth-order valence-corrected chi connectivity index (χ4v) is 7.84. The molecule has 0 spiro atoms. The van der Waals surface area contributed by atoms with E-state index in [9.17, 15) is 19.2 Å². The van der Waals surface area contributed by atoms with Crippen LogP contribution >= 0.6 is 56.5 Å². The molecule has 0 bridgehead atoms. The molecule has 0 fully saturated rings. The summed E-state index contributed by atoms with van der Waals surface area (Å²) in [6.07, 6.45) is 1.75. The summed E-state index contributed by atoms with van der Waals surface area (Å²) >= 11 is 5.42. The maximum absolute atomic E-state index is 14.1. The summed E-state index contributed by atoms with van der Waals surface area (Å²) in [5.74, 6) is -0.465. The first kappa shape index (κ1) is 36.4. The predicted molar refractivity (Wildman–Crippen MR) is 190 cm³/mol. The summed E-state index contributed by atoms with van der Waals surface area (Å²) in [5, 5.41) is 0. The summed E-state index contributed by atoms with van der Waals surface area (Å²) in [6.45, 7) is 7.08. The largest absolute Gasteiger partial charge is 0.490 e. The number of carbonyl (C=O) groups excluding carboxylic acids is 3. The average Bonchev–Trinajstić information content (AvgIpc) is 3.33. The molecule has 1 aliphatic heterocycles. The third-order valence-corrected chi connectivity index (χ3v) is 9.22. The summed E-state index contributed by atoms with van der Waals surface area (Å²) in [7, 11) is 1.26. The summed E-state index contributed by atoms with van der Waals surface area (Å²) in [4.78, 5) is 56.0. The Morgan fingerprint density at radius 3 is 2.23 bits per heavy atom. The fourth-order valence-electron chi connectivity index (χ4n) is 4.67. The number of hydrogen-bond acceptors (Lipinski definition) is 12. The van der Waals surface area contributed by atoms with Crippen molar-refractivity contribution in [3.63, 3.8) is 0 Å². The second-order valence-electron chi connectivity index (χ2n) is 9.71. The van der Waals surface area contributed by atoms with E-state index < -0.39 is 23.9 Å². The molecule has 2 aromatic carbocycles. The molecule has 0 radical (unpaired) electrons. The Morgan fingerprint density at radius 1 is 0.915 bits per heavy atom. The van der Waals surface area contributed by atoms with E-state index in [1.165, 1.54) is 23.0 Å². The molecule has 250 valence electrons. The second-order valence-corrected chi connectivity index (χ2v) is 13.0. The minimum atomic E-state index is -0.889. The molecule has 0 N–H and O–H groups in total. The van der Waals surface area contributed by atoms with Crippen molar-refractivity contribution in [2.75, 3.05) is 40.1 Å². The number of rotatable bonds is 13. The molecule has 12 nitrogen and oxygen atoms in total. The SMILES string of the molecule is CCOC(=O)COc1c(I)cc(/C=c2\sc3n(c2=O)[C@H](c2ccc(OCC(=O)OC)c(OCC)c2)C(C(=O)OCC)=C(C)N=3)cc1I. The zero-order valence-electron chi connectivity index (χ0n) is 26.2. The number of aromatic nitrogens is 1. The summed E-state index contributed by atoms with van der Waals surface area (Å²) in [6, 6.07) is 7.79. The maximum Gasteiger partial charge on any atom is 0.344 e. The number of allylic oxidation sites excluding steroid dienone is 1. The number of thiazole rings is 1. The lowest BCUT2D eigenvalue weighted by atomic mass is 9.95. The van der Waals surface area contributed by atoms with Crippen LogP contribution in [0.2, 0.25) is 0 Å². The molecule has 0 saturated carbocycles. The number of fused-ring (bicyclic) bond motifs is 1. The van der Waals surface area contributed by atoms with Gasteiger partial charge in [0.2, 0.25) is 0 Å².